The Morgan fingerprint density at radius 1 is 0.333 bits per heavy atom. The van der Waals surface area contributed by atoms with Gasteiger partial charge < -0.3 is 20.3 Å². The third-order valence-electron chi connectivity index (χ3n) is 17.6. The molecule has 0 radical (unpaired) electrons. The molecule has 0 fully saturated rings. The molecule has 84 heavy (non-hydrogen) atoms. The van der Waals surface area contributed by atoms with Crippen LogP contribution in [0, 0.1) is 0 Å². The first-order chi connectivity index (χ1) is 41.5. The average molecular weight is 1180 g/mol. The van der Waals surface area contributed by atoms with Crippen molar-refractivity contribution in [3.8, 4) is 0 Å². The molecule has 1 amide bonds. The van der Waals surface area contributed by atoms with E-state index in [1.807, 2.05) is 0 Å². The Balaban J connectivity index is 3.40. The van der Waals surface area contributed by atoms with Crippen LogP contribution >= 0.6 is 0 Å². The summed E-state index contributed by atoms with van der Waals surface area (Å²) in [7, 11) is 0. The highest BCUT2D eigenvalue weighted by Crippen LogP contribution is 2.19. The van der Waals surface area contributed by atoms with Crippen LogP contribution in [0.15, 0.2) is 48.6 Å². The van der Waals surface area contributed by atoms with Crippen molar-refractivity contribution in [2.45, 2.75) is 424 Å². The van der Waals surface area contributed by atoms with Crippen molar-refractivity contribution < 1.29 is 24.5 Å². The maximum absolute atomic E-state index is 12.6. The summed E-state index contributed by atoms with van der Waals surface area (Å²) in [5, 5.41) is 23.4. The van der Waals surface area contributed by atoms with Crippen LogP contribution < -0.4 is 5.32 Å². The molecule has 0 spiro atoms. The molecule has 0 aromatic rings. The zero-order valence-corrected chi connectivity index (χ0v) is 56.6. The minimum atomic E-state index is -0.667. The average Bonchev–Trinajstić information content (AvgIpc) is 3.51. The van der Waals surface area contributed by atoms with E-state index in [4.69, 9.17) is 4.74 Å². The molecule has 0 aliphatic heterocycles. The molecule has 6 nitrogen and oxygen atoms in total. The molecule has 0 aliphatic rings. The van der Waals surface area contributed by atoms with Crippen molar-refractivity contribution in [3.63, 3.8) is 0 Å². The van der Waals surface area contributed by atoms with E-state index in [1.54, 1.807) is 0 Å². The van der Waals surface area contributed by atoms with Gasteiger partial charge in [0.1, 0.15) is 0 Å². The van der Waals surface area contributed by atoms with Gasteiger partial charge in [-0.2, -0.15) is 0 Å². The maximum atomic E-state index is 12.6. The summed E-state index contributed by atoms with van der Waals surface area (Å²) < 4.78 is 5.50. The Morgan fingerprint density at radius 2 is 0.595 bits per heavy atom. The summed E-state index contributed by atoms with van der Waals surface area (Å²) in [6.07, 6.45) is 96.0. The second-order valence-electron chi connectivity index (χ2n) is 26.0. The van der Waals surface area contributed by atoms with Gasteiger partial charge in [-0.1, -0.05) is 358 Å². The van der Waals surface area contributed by atoms with Gasteiger partial charge in [-0.3, -0.25) is 9.59 Å². The number of esters is 1. The smallest absolute Gasteiger partial charge is 0.305 e. The lowest BCUT2D eigenvalue weighted by Crippen LogP contribution is -2.45. The molecule has 6 heteroatoms. The van der Waals surface area contributed by atoms with E-state index in [9.17, 15) is 19.8 Å². The molecule has 0 saturated heterocycles. The normalized spacial score (nSPS) is 12.8. The van der Waals surface area contributed by atoms with Crippen LogP contribution in [0.25, 0.3) is 0 Å². The van der Waals surface area contributed by atoms with Gasteiger partial charge >= 0.3 is 5.97 Å². The highest BCUT2D eigenvalue weighted by atomic mass is 16.5. The lowest BCUT2D eigenvalue weighted by Gasteiger charge is -2.22. The highest BCUT2D eigenvalue weighted by molar-refractivity contribution is 5.76. The topological polar surface area (TPSA) is 95.9 Å². The Morgan fingerprint density at radius 3 is 0.917 bits per heavy atom. The van der Waals surface area contributed by atoms with Crippen LogP contribution in [0.2, 0.25) is 0 Å². The van der Waals surface area contributed by atoms with Crippen LogP contribution in [0.3, 0.4) is 0 Å². The van der Waals surface area contributed by atoms with Gasteiger partial charge in [0.2, 0.25) is 5.91 Å². The van der Waals surface area contributed by atoms with E-state index in [0.29, 0.717) is 25.9 Å². The van der Waals surface area contributed by atoms with Crippen molar-refractivity contribution in [1.29, 1.82) is 0 Å². The van der Waals surface area contributed by atoms with E-state index < -0.39 is 12.1 Å². The quantitative estimate of drug-likeness (QED) is 0.0320. The van der Waals surface area contributed by atoms with E-state index in [2.05, 4.69) is 67.8 Å². The third-order valence-corrected chi connectivity index (χ3v) is 17.6. The van der Waals surface area contributed by atoms with E-state index >= 15 is 0 Å². The van der Waals surface area contributed by atoms with Crippen LogP contribution in [0.1, 0.15) is 412 Å². The number of amides is 1. The number of aliphatic hydroxyl groups excluding tert-OH is 2. The predicted octanol–water partition coefficient (Wildman–Crippen LogP) is 24.8. The fourth-order valence-corrected chi connectivity index (χ4v) is 11.8. The zero-order valence-electron chi connectivity index (χ0n) is 56.6. The molecule has 0 saturated carbocycles. The second kappa shape index (κ2) is 73.3. The SMILES string of the molecule is CCCCCC/C=C\C/C=C\CCCCCCCCCC(=O)OCCCCCCCCCCC/C=C\C/C=C\CCCCCCCCCCCCCCCC(=O)NC(CO)C(O)CCCCCCCCCCCCCCCCCCCCCC. The van der Waals surface area contributed by atoms with Gasteiger partial charge in [0.05, 0.1) is 25.4 Å². The second-order valence-corrected chi connectivity index (χ2v) is 26.0. The Bertz CT molecular complexity index is 1400. The molecular formula is C78H147NO5. The number of carbonyl (C=O) groups excluding carboxylic acids is 2. The van der Waals surface area contributed by atoms with Crippen molar-refractivity contribution in [3.05, 3.63) is 48.6 Å². The molecule has 0 bridgehead atoms. The van der Waals surface area contributed by atoms with Gasteiger partial charge in [0, 0.05) is 12.8 Å². The first-order valence-corrected chi connectivity index (χ1v) is 37.9. The molecule has 0 aromatic carbocycles. The molecule has 3 N–H and O–H groups in total. The van der Waals surface area contributed by atoms with Crippen molar-refractivity contribution in [2.75, 3.05) is 13.2 Å². The fourth-order valence-electron chi connectivity index (χ4n) is 11.8. The summed E-state index contributed by atoms with van der Waals surface area (Å²) in [5.41, 5.74) is 0. The van der Waals surface area contributed by atoms with E-state index in [0.717, 1.165) is 57.8 Å². The van der Waals surface area contributed by atoms with E-state index in [-0.39, 0.29) is 18.5 Å². The van der Waals surface area contributed by atoms with Gasteiger partial charge in [-0.25, -0.2) is 0 Å². The Hall–Kier alpha value is -2.18. The number of hydrogen-bond donors (Lipinski definition) is 3. The lowest BCUT2D eigenvalue weighted by atomic mass is 10.0. The van der Waals surface area contributed by atoms with Gasteiger partial charge in [0.15, 0.2) is 0 Å². The number of ether oxygens (including phenoxy) is 1. The molecule has 0 heterocycles. The number of carbonyl (C=O) groups is 2. The first-order valence-electron chi connectivity index (χ1n) is 37.9. The number of nitrogens with one attached hydrogen (secondary N) is 1. The zero-order chi connectivity index (χ0) is 60.6. The third kappa shape index (κ3) is 68.9. The van der Waals surface area contributed by atoms with Crippen molar-refractivity contribution in [1.82, 2.24) is 5.32 Å². The number of unbranched alkanes of at least 4 members (excludes halogenated alkanes) is 52. The van der Waals surface area contributed by atoms with Crippen LogP contribution in [0.5, 0.6) is 0 Å². The lowest BCUT2D eigenvalue weighted by molar-refractivity contribution is -0.143. The van der Waals surface area contributed by atoms with Crippen LogP contribution in [-0.4, -0.2) is 47.4 Å². The predicted molar refractivity (Wildman–Crippen MR) is 370 cm³/mol. The number of rotatable bonds is 71. The minimum absolute atomic E-state index is 0.00511. The number of hydrogen-bond acceptors (Lipinski definition) is 5. The minimum Gasteiger partial charge on any atom is -0.466 e. The fraction of sp³-hybridized carbons (Fsp3) is 0.872. The molecule has 0 aromatic heterocycles. The van der Waals surface area contributed by atoms with Gasteiger partial charge in [-0.05, 0) is 89.9 Å². The van der Waals surface area contributed by atoms with E-state index in [1.165, 1.54) is 321 Å². The van der Waals surface area contributed by atoms with Gasteiger partial charge in [0.25, 0.3) is 0 Å². The summed E-state index contributed by atoms with van der Waals surface area (Å²) in [4.78, 5) is 24.7. The summed E-state index contributed by atoms with van der Waals surface area (Å²) in [6.45, 7) is 4.97. The molecule has 0 rings (SSSR count). The Labute approximate surface area is 525 Å². The van der Waals surface area contributed by atoms with Crippen LogP contribution in [0.4, 0.5) is 0 Å². The highest BCUT2D eigenvalue weighted by Gasteiger charge is 2.20. The molecular weight excluding hydrogens is 1030 g/mol. The summed E-state index contributed by atoms with van der Waals surface area (Å²) in [5.74, 6) is -0.0271. The number of allylic oxidation sites excluding steroid dienone is 8. The Kier molecular flexibility index (Phi) is 71.4. The summed E-state index contributed by atoms with van der Waals surface area (Å²) in [6, 6.07) is -0.544. The largest absolute Gasteiger partial charge is 0.466 e. The molecule has 2 atom stereocenters. The molecule has 2 unspecified atom stereocenters. The maximum Gasteiger partial charge on any atom is 0.305 e. The standard InChI is InChI=1S/C78H147NO5/c1-3-5-7-9-11-13-15-17-19-21-23-35-38-42-46-50-54-58-62-66-70-76(81)75(74-80)79-77(82)71-67-63-59-55-51-47-43-39-36-33-31-29-27-25-24-26-28-30-32-34-37-41-45-49-53-57-61-65-69-73-84-78(83)72-68-64-60-56-52-48-44-40-22-20-18-16-14-12-10-8-6-4-2/h14,16,20,22,24,26,30,32,75-76,80-81H,3-13,15,17-19,21,23,25,27-29,31,33-74H2,1-2H3,(H,79,82)/b16-14-,22-20-,26-24-,32-30-. The number of aliphatic hydroxyl groups is 2. The molecule has 0 aliphatic carbocycles. The van der Waals surface area contributed by atoms with Gasteiger partial charge in [-0.15, -0.1) is 0 Å². The summed E-state index contributed by atoms with van der Waals surface area (Å²) >= 11 is 0. The first kappa shape index (κ1) is 81.8. The monoisotopic (exact) mass is 1180 g/mol. The van der Waals surface area contributed by atoms with Crippen LogP contribution in [-0.2, 0) is 14.3 Å². The van der Waals surface area contributed by atoms with Crippen molar-refractivity contribution >= 4 is 11.9 Å². The van der Waals surface area contributed by atoms with Crippen molar-refractivity contribution in [2.24, 2.45) is 0 Å². The molecule has 494 valence electrons.